The summed E-state index contributed by atoms with van der Waals surface area (Å²) in [6, 6.07) is 0. The molecule has 0 aliphatic carbocycles. The van der Waals surface area contributed by atoms with Crippen molar-refractivity contribution < 1.29 is 18.6 Å². The van der Waals surface area contributed by atoms with E-state index in [1.54, 1.807) is 0 Å². The maximum atomic E-state index is 13.4. The minimum Gasteiger partial charge on any atom is -0.381 e. The minimum atomic E-state index is -0.112. The fourth-order valence-electron chi connectivity index (χ4n) is 4.81. The summed E-state index contributed by atoms with van der Waals surface area (Å²) in [5, 5.41) is 15.7. The van der Waals surface area contributed by atoms with Crippen molar-refractivity contribution >= 4 is 5.91 Å². The Balaban J connectivity index is 1.31. The Morgan fingerprint density at radius 1 is 1.09 bits per heavy atom. The largest absolute Gasteiger partial charge is 0.381 e. The summed E-state index contributed by atoms with van der Waals surface area (Å²) in [6.07, 6.45) is 3.86. The summed E-state index contributed by atoms with van der Waals surface area (Å²) in [4.78, 5) is 19.9. The van der Waals surface area contributed by atoms with Gasteiger partial charge < -0.3 is 18.7 Å². The first-order valence-corrected chi connectivity index (χ1v) is 11.7. The Morgan fingerprint density at radius 2 is 1.91 bits per heavy atom. The summed E-state index contributed by atoms with van der Waals surface area (Å²) < 4.78 is 16.6. The van der Waals surface area contributed by atoms with E-state index < -0.39 is 0 Å². The maximum Gasteiger partial charge on any atom is 0.276 e. The second-order valence-corrected chi connectivity index (χ2v) is 8.99. The number of hydrogen-bond donors (Lipinski definition) is 1. The number of H-pyrrole nitrogens is 1. The van der Waals surface area contributed by atoms with Gasteiger partial charge in [-0.05, 0) is 33.1 Å². The molecule has 3 aromatic heterocycles. The SMILES string of the molecule is CCc1onc(C(=O)N2CCC(c3nc(C4CCOCC4)no3)C2)c1Cc1c(C)n[nH]c1C. The molecular formula is C23H30N6O4. The summed E-state index contributed by atoms with van der Waals surface area (Å²) in [5.74, 6) is 2.33. The lowest BCUT2D eigenvalue weighted by molar-refractivity contribution is 0.0778. The molecule has 2 fully saturated rings. The second kappa shape index (κ2) is 9.09. The normalized spacial score (nSPS) is 19.5. The fraction of sp³-hybridized carbons (Fsp3) is 0.609. The lowest BCUT2D eigenvalue weighted by Gasteiger charge is -2.18. The van der Waals surface area contributed by atoms with Crippen LogP contribution in [0.2, 0.25) is 0 Å². The average Bonchev–Trinajstić information content (AvgIpc) is 3.63. The minimum absolute atomic E-state index is 0.0365. The Hall–Kier alpha value is -3.01. The number of aromatic amines is 1. The van der Waals surface area contributed by atoms with Gasteiger partial charge in [0.25, 0.3) is 5.91 Å². The van der Waals surface area contributed by atoms with E-state index >= 15 is 0 Å². The van der Waals surface area contributed by atoms with E-state index in [0.717, 1.165) is 66.6 Å². The predicted molar refractivity (Wildman–Crippen MR) is 117 cm³/mol. The molecule has 0 saturated carbocycles. The smallest absolute Gasteiger partial charge is 0.276 e. The molecule has 10 heteroatoms. The number of ether oxygens (including phenoxy) is 1. The van der Waals surface area contributed by atoms with Crippen molar-refractivity contribution in [2.24, 2.45) is 0 Å². The van der Waals surface area contributed by atoms with Gasteiger partial charge in [-0.15, -0.1) is 0 Å². The highest BCUT2D eigenvalue weighted by Gasteiger charge is 2.35. The quantitative estimate of drug-likeness (QED) is 0.603. The third-order valence-corrected chi connectivity index (χ3v) is 6.90. The van der Waals surface area contributed by atoms with Crippen LogP contribution in [0.5, 0.6) is 0 Å². The lowest BCUT2D eigenvalue weighted by atomic mass is 10.00. The number of hydrogen-bond acceptors (Lipinski definition) is 8. The van der Waals surface area contributed by atoms with Crippen LogP contribution in [0.4, 0.5) is 0 Å². The zero-order valence-corrected chi connectivity index (χ0v) is 19.4. The molecule has 10 nitrogen and oxygen atoms in total. The zero-order valence-electron chi connectivity index (χ0n) is 19.4. The first-order chi connectivity index (χ1) is 16.0. The first kappa shape index (κ1) is 21.8. The molecular weight excluding hydrogens is 424 g/mol. The van der Waals surface area contributed by atoms with Gasteiger partial charge in [0, 0.05) is 61.9 Å². The molecule has 5 heterocycles. The third-order valence-electron chi connectivity index (χ3n) is 6.90. The van der Waals surface area contributed by atoms with E-state index in [1.807, 2.05) is 25.7 Å². The highest BCUT2D eigenvalue weighted by molar-refractivity contribution is 5.94. The molecule has 2 saturated heterocycles. The fourth-order valence-corrected chi connectivity index (χ4v) is 4.81. The molecule has 3 aromatic rings. The Labute approximate surface area is 192 Å². The van der Waals surface area contributed by atoms with Crippen molar-refractivity contribution in [1.82, 2.24) is 30.4 Å². The van der Waals surface area contributed by atoms with Gasteiger partial charge in [-0.3, -0.25) is 9.89 Å². The Morgan fingerprint density at radius 3 is 2.64 bits per heavy atom. The summed E-state index contributed by atoms with van der Waals surface area (Å²) in [7, 11) is 0. The molecule has 0 aromatic carbocycles. The molecule has 176 valence electrons. The van der Waals surface area contributed by atoms with Crippen LogP contribution < -0.4 is 0 Å². The van der Waals surface area contributed by atoms with Gasteiger partial charge >= 0.3 is 0 Å². The van der Waals surface area contributed by atoms with E-state index in [0.29, 0.717) is 37.5 Å². The zero-order chi connectivity index (χ0) is 22.9. The number of rotatable bonds is 6. The predicted octanol–water partition coefficient (Wildman–Crippen LogP) is 3.07. The molecule has 2 aliphatic rings. The molecule has 1 amide bonds. The number of carbonyl (C=O) groups excluding carboxylic acids is 1. The van der Waals surface area contributed by atoms with E-state index in [9.17, 15) is 4.79 Å². The monoisotopic (exact) mass is 454 g/mol. The number of nitrogens with zero attached hydrogens (tertiary/aromatic N) is 5. The maximum absolute atomic E-state index is 13.4. The lowest BCUT2D eigenvalue weighted by Crippen LogP contribution is -2.29. The van der Waals surface area contributed by atoms with Crippen LogP contribution >= 0.6 is 0 Å². The molecule has 33 heavy (non-hydrogen) atoms. The number of likely N-dealkylation sites (tertiary alicyclic amines) is 1. The summed E-state index contributed by atoms with van der Waals surface area (Å²) in [6.45, 7) is 8.58. The van der Waals surface area contributed by atoms with E-state index in [1.165, 1.54) is 0 Å². The van der Waals surface area contributed by atoms with Crippen LogP contribution in [-0.2, 0) is 17.6 Å². The van der Waals surface area contributed by atoms with Crippen molar-refractivity contribution in [1.29, 1.82) is 0 Å². The molecule has 0 bridgehead atoms. The number of carbonyl (C=O) groups is 1. The van der Waals surface area contributed by atoms with Crippen LogP contribution in [0.25, 0.3) is 0 Å². The van der Waals surface area contributed by atoms with Crippen molar-refractivity contribution in [2.75, 3.05) is 26.3 Å². The van der Waals surface area contributed by atoms with Crippen molar-refractivity contribution in [3.05, 3.63) is 45.7 Å². The molecule has 1 atom stereocenters. The number of amides is 1. The second-order valence-electron chi connectivity index (χ2n) is 8.99. The van der Waals surface area contributed by atoms with Gasteiger partial charge in [-0.25, -0.2) is 0 Å². The standard InChI is InChI=1S/C23H30N6O4/c1-4-19-18(11-17-13(2)25-26-14(17)3)20(27-32-19)23(30)29-8-5-16(12-29)22-24-21(28-33-22)15-6-9-31-10-7-15/h15-16H,4-12H2,1-3H3,(H,25,26). The van der Waals surface area contributed by atoms with Crippen molar-refractivity contribution in [2.45, 2.75) is 64.7 Å². The van der Waals surface area contributed by atoms with Crippen molar-refractivity contribution in [3.63, 3.8) is 0 Å². The molecule has 2 aliphatic heterocycles. The van der Waals surface area contributed by atoms with Gasteiger partial charge in [0.15, 0.2) is 11.5 Å². The topological polar surface area (TPSA) is 123 Å². The van der Waals surface area contributed by atoms with Crippen LogP contribution in [0.1, 0.15) is 88.5 Å². The van der Waals surface area contributed by atoms with Gasteiger partial charge in [0.05, 0.1) is 11.6 Å². The van der Waals surface area contributed by atoms with E-state index in [4.69, 9.17) is 13.8 Å². The number of aromatic nitrogens is 5. The molecule has 1 N–H and O–H groups in total. The van der Waals surface area contributed by atoms with Gasteiger partial charge in [0.2, 0.25) is 5.89 Å². The van der Waals surface area contributed by atoms with Crippen LogP contribution in [-0.4, -0.2) is 62.6 Å². The highest BCUT2D eigenvalue weighted by Crippen LogP contribution is 2.31. The van der Waals surface area contributed by atoms with Gasteiger partial charge in [0.1, 0.15) is 5.76 Å². The highest BCUT2D eigenvalue weighted by atomic mass is 16.5. The molecule has 0 radical (unpaired) electrons. The van der Waals surface area contributed by atoms with E-state index in [-0.39, 0.29) is 17.7 Å². The third kappa shape index (κ3) is 4.19. The van der Waals surface area contributed by atoms with Crippen LogP contribution in [0, 0.1) is 13.8 Å². The van der Waals surface area contributed by atoms with Crippen LogP contribution in [0.15, 0.2) is 9.05 Å². The summed E-state index contributed by atoms with van der Waals surface area (Å²) >= 11 is 0. The first-order valence-electron chi connectivity index (χ1n) is 11.7. The molecule has 1 unspecified atom stereocenters. The van der Waals surface area contributed by atoms with Crippen molar-refractivity contribution in [3.8, 4) is 0 Å². The summed E-state index contributed by atoms with van der Waals surface area (Å²) in [5.41, 5.74) is 4.23. The van der Waals surface area contributed by atoms with Gasteiger partial charge in [-0.1, -0.05) is 17.2 Å². The molecule has 5 rings (SSSR count). The number of aryl methyl sites for hydroxylation is 3. The van der Waals surface area contributed by atoms with E-state index in [2.05, 4.69) is 25.5 Å². The van der Waals surface area contributed by atoms with Gasteiger partial charge in [-0.2, -0.15) is 10.1 Å². The Kier molecular flexibility index (Phi) is 6.01. The molecule has 0 spiro atoms. The number of nitrogens with one attached hydrogen (secondary N) is 1. The van der Waals surface area contributed by atoms with Crippen LogP contribution in [0.3, 0.4) is 0 Å². The average molecular weight is 455 g/mol. The Bertz CT molecular complexity index is 1110.